The van der Waals surface area contributed by atoms with Gasteiger partial charge in [-0.3, -0.25) is 0 Å². The first-order chi connectivity index (χ1) is 14.5. The highest BCUT2D eigenvalue weighted by atomic mass is 16.6. The number of aliphatic hydroxyl groups is 1. The molecule has 1 aliphatic heterocycles. The first-order valence-electron chi connectivity index (χ1n) is 10.2. The normalized spacial score (nSPS) is 22.1. The first kappa shape index (κ1) is 20.4. The summed E-state index contributed by atoms with van der Waals surface area (Å²) < 4.78 is 20.1. The van der Waals surface area contributed by atoms with Crippen molar-refractivity contribution in [1.82, 2.24) is 15.0 Å². The van der Waals surface area contributed by atoms with Gasteiger partial charge >= 0.3 is 0 Å². The number of hydrogen-bond donors (Lipinski definition) is 1. The molecule has 7 heteroatoms. The fraction of sp³-hybridized carbons (Fsp3) is 0.391. The number of aromatic nitrogens is 3. The molecule has 158 valence electrons. The topological polar surface area (TPSA) is 78.6 Å². The average molecular weight is 409 g/mol. The van der Waals surface area contributed by atoms with E-state index in [0.717, 1.165) is 11.5 Å². The van der Waals surface area contributed by atoms with E-state index >= 15 is 0 Å². The summed E-state index contributed by atoms with van der Waals surface area (Å²) in [6.07, 6.45) is 0.798. The van der Waals surface area contributed by atoms with Gasteiger partial charge in [-0.2, -0.15) is 0 Å². The van der Waals surface area contributed by atoms with E-state index in [1.54, 1.807) is 17.8 Å². The summed E-state index contributed by atoms with van der Waals surface area (Å²) in [7, 11) is 0. The number of nitrogens with zero attached hydrogens (tertiary/aromatic N) is 3. The summed E-state index contributed by atoms with van der Waals surface area (Å²) in [5, 5.41) is 17.9. The maximum Gasteiger partial charge on any atom is 0.156 e. The number of aryl methyl sites for hydroxylation is 2. The van der Waals surface area contributed by atoms with E-state index < -0.39 is 6.10 Å². The van der Waals surface area contributed by atoms with E-state index in [-0.39, 0.29) is 18.4 Å². The van der Waals surface area contributed by atoms with E-state index in [1.165, 1.54) is 11.1 Å². The highest BCUT2D eigenvalue weighted by Crippen LogP contribution is 2.32. The van der Waals surface area contributed by atoms with Crippen LogP contribution in [0.3, 0.4) is 0 Å². The van der Waals surface area contributed by atoms with Crippen LogP contribution in [-0.4, -0.2) is 38.9 Å². The average Bonchev–Trinajstić information content (AvgIpc) is 3.37. The highest BCUT2D eigenvalue weighted by molar-refractivity contribution is 5.27. The Labute approximate surface area is 176 Å². The lowest BCUT2D eigenvalue weighted by Gasteiger charge is -2.20. The third kappa shape index (κ3) is 4.80. The number of ether oxygens (including phenoxy) is 3. The van der Waals surface area contributed by atoms with Crippen molar-refractivity contribution in [3.05, 3.63) is 71.5 Å². The van der Waals surface area contributed by atoms with Crippen LogP contribution >= 0.6 is 0 Å². The molecule has 1 unspecified atom stereocenters. The molecular formula is C23H27N3O4. The molecule has 1 aliphatic rings. The lowest BCUT2D eigenvalue weighted by atomic mass is 10.1. The minimum absolute atomic E-state index is 0.206. The van der Waals surface area contributed by atoms with Crippen LogP contribution in [0, 0.1) is 13.8 Å². The standard InChI is InChI=1S/C23H27N3O4/c1-15-4-8-18(9-5-15)28-14-22-21(29-19-10-6-16(2)7-11-19)12-23(30-22)26-13-20(17(3)27)24-25-26/h4-11,13,17,21-23,27H,12,14H2,1-3H3/t17?,21-,22+,23+/m0/s1. The maximum absolute atomic E-state index is 9.73. The van der Waals surface area contributed by atoms with Gasteiger partial charge in [0.2, 0.25) is 0 Å². The molecule has 2 aromatic carbocycles. The van der Waals surface area contributed by atoms with Crippen molar-refractivity contribution in [2.75, 3.05) is 6.61 Å². The van der Waals surface area contributed by atoms with Gasteiger partial charge in [0.05, 0.1) is 12.3 Å². The maximum atomic E-state index is 9.73. The molecule has 0 bridgehead atoms. The van der Waals surface area contributed by atoms with Crippen molar-refractivity contribution >= 4 is 0 Å². The molecule has 1 saturated heterocycles. The second kappa shape index (κ2) is 8.85. The number of hydrogen-bond acceptors (Lipinski definition) is 6. The Kier molecular flexibility index (Phi) is 6.01. The molecule has 0 amide bonds. The Bertz CT molecular complexity index is 953. The molecule has 2 heterocycles. The second-order valence-corrected chi connectivity index (χ2v) is 7.76. The fourth-order valence-electron chi connectivity index (χ4n) is 3.36. The van der Waals surface area contributed by atoms with Gasteiger partial charge in [0.15, 0.2) is 6.23 Å². The molecule has 4 rings (SSSR count). The molecule has 0 radical (unpaired) electrons. The molecule has 4 atom stereocenters. The summed E-state index contributed by atoms with van der Waals surface area (Å²) in [5.41, 5.74) is 2.87. The van der Waals surface area contributed by atoms with Crippen molar-refractivity contribution in [3.63, 3.8) is 0 Å². The van der Waals surface area contributed by atoms with Crippen LogP contribution in [0.5, 0.6) is 11.5 Å². The van der Waals surface area contributed by atoms with E-state index in [9.17, 15) is 5.11 Å². The van der Waals surface area contributed by atoms with E-state index in [1.807, 2.05) is 62.4 Å². The molecule has 0 saturated carbocycles. The van der Waals surface area contributed by atoms with Gasteiger partial charge in [-0.15, -0.1) is 5.10 Å². The Hall–Kier alpha value is -2.90. The summed E-state index contributed by atoms with van der Waals surface area (Å²) in [6, 6.07) is 15.9. The Morgan fingerprint density at radius 3 is 2.30 bits per heavy atom. The SMILES string of the molecule is Cc1ccc(OC[C@H]2O[C@@H](n3cc(C(C)O)nn3)C[C@@H]2Oc2ccc(C)cc2)cc1. The number of benzene rings is 2. The summed E-state index contributed by atoms with van der Waals surface area (Å²) in [4.78, 5) is 0. The van der Waals surface area contributed by atoms with Crippen molar-refractivity contribution in [3.8, 4) is 11.5 Å². The van der Waals surface area contributed by atoms with Crippen molar-refractivity contribution < 1.29 is 19.3 Å². The van der Waals surface area contributed by atoms with Crippen LogP contribution in [0.1, 0.15) is 42.5 Å². The van der Waals surface area contributed by atoms with Crippen LogP contribution in [0.2, 0.25) is 0 Å². The Morgan fingerprint density at radius 2 is 1.70 bits per heavy atom. The number of rotatable bonds is 7. The van der Waals surface area contributed by atoms with Gasteiger partial charge in [0.25, 0.3) is 0 Å². The predicted octanol–water partition coefficient (Wildman–Crippen LogP) is 3.76. The molecule has 30 heavy (non-hydrogen) atoms. The first-order valence-corrected chi connectivity index (χ1v) is 10.2. The van der Waals surface area contributed by atoms with Gasteiger partial charge in [0, 0.05) is 6.42 Å². The van der Waals surface area contributed by atoms with Crippen LogP contribution in [0.4, 0.5) is 0 Å². The largest absolute Gasteiger partial charge is 0.491 e. The van der Waals surface area contributed by atoms with Gasteiger partial charge in [-0.05, 0) is 45.0 Å². The third-order valence-corrected chi connectivity index (χ3v) is 5.18. The van der Waals surface area contributed by atoms with Gasteiger partial charge in [-0.1, -0.05) is 40.6 Å². The highest BCUT2D eigenvalue weighted by Gasteiger charge is 2.39. The van der Waals surface area contributed by atoms with E-state index in [2.05, 4.69) is 10.3 Å². The monoisotopic (exact) mass is 409 g/mol. The van der Waals surface area contributed by atoms with E-state index in [4.69, 9.17) is 14.2 Å². The quantitative estimate of drug-likeness (QED) is 0.640. The van der Waals surface area contributed by atoms with Crippen molar-refractivity contribution in [2.24, 2.45) is 0 Å². The Balaban J connectivity index is 1.48. The zero-order valence-corrected chi connectivity index (χ0v) is 17.4. The summed E-state index contributed by atoms with van der Waals surface area (Å²) in [5.74, 6) is 1.58. The lowest BCUT2D eigenvalue weighted by Crippen LogP contribution is -2.32. The predicted molar refractivity (Wildman–Crippen MR) is 111 cm³/mol. The van der Waals surface area contributed by atoms with Gasteiger partial charge in [0.1, 0.15) is 36.0 Å². The number of aliphatic hydroxyl groups excluding tert-OH is 1. The van der Waals surface area contributed by atoms with Crippen LogP contribution < -0.4 is 9.47 Å². The van der Waals surface area contributed by atoms with Crippen molar-refractivity contribution in [1.29, 1.82) is 0 Å². The summed E-state index contributed by atoms with van der Waals surface area (Å²) >= 11 is 0. The molecule has 1 aromatic heterocycles. The zero-order chi connectivity index (χ0) is 21.1. The van der Waals surface area contributed by atoms with Crippen LogP contribution in [-0.2, 0) is 4.74 Å². The second-order valence-electron chi connectivity index (χ2n) is 7.76. The molecule has 3 aromatic rings. The molecule has 1 fully saturated rings. The lowest BCUT2D eigenvalue weighted by molar-refractivity contribution is -0.0406. The smallest absolute Gasteiger partial charge is 0.156 e. The van der Waals surface area contributed by atoms with Gasteiger partial charge in [-0.25, -0.2) is 4.68 Å². The molecule has 0 spiro atoms. The Morgan fingerprint density at radius 1 is 1.07 bits per heavy atom. The van der Waals surface area contributed by atoms with Crippen LogP contribution in [0.25, 0.3) is 0 Å². The van der Waals surface area contributed by atoms with Crippen LogP contribution in [0.15, 0.2) is 54.7 Å². The van der Waals surface area contributed by atoms with Gasteiger partial charge < -0.3 is 19.3 Å². The summed E-state index contributed by atoms with van der Waals surface area (Å²) in [6.45, 7) is 6.10. The molecule has 7 nitrogen and oxygen atoms in total. The molecule has 0 aliphatic carbocycles. The zero-order valence-electron chi connectivity index (χ0n) is 17.4. The third-order valence-electron chi connectivity index (χ3n) is 5.18. The minimum atomic E-state index is -0.680. The van der Waals surface area contributed by atoms with E-state index in [0.29, 0.717) is 18.7 Å². The minimum Gasteiger partial charge on any atom is -0.491 e. The molecule has 1 N–H and O–H groups in total. The van der Waals surface area contributed by atoms with Crippen molar-refractivity contribution in [2.45, 2.75) is 51.7 Å². The fourth-order valence-corrected chi connectivity index (χ4v) is 3.36. The molecular weight excluding hydrogens is 382 g/mol.